The van der Waals surface area contributed by atoms with E-state index < -0.39 is 12.0 Å². The average molecular weight is 240 g/mol. The van der Waals surface area contributed by atoms with Gasteiger partial charge >= 0.3 is 6.18 Å². The van der Waals surface area contributed by atoms with Gasteiger partial charge in [0.15, 0.2) is 0 Å². The summed E-state index contributed by atoms with van der Waals surface area (Å²) in [6, 6.07) is 7.46. The van der Waals surface area contributed by atoms with E-state index in [2.05, 4.69) is 0 Å². The Bertz CT molecular complexity index is 439. The van der Waals surface area contributed by atoms with Gasteiger partial charge in [-0.15, -0.1) is 0 Å². The number of carbonyl (C=O) groups excluding carboxylic acids is 1. The monoisotopic (exact) mass is 240 g/mol. The van der Waals surface area contributed by atoms with Gasteiger partial charge in [0.05, 0.1) is 0 Å². The molecule has 0 saturated heterocycles. The molecule has 1 aromatic carbocycles. The van der Waals surface area contributed by atoms with Gasteiger partial charge in [0.1, 0.15) is 0 Å². The summed E-state index contributed by atoms with van der Waals surface area (Å²) in [5, 5.41) is 0. The Morgan fingerprint density at radius 3 is 2.24 bits per heavy atom. The number of benzene rings is 1. The number of hydrogen-bond acceptors (Lipinski definition) is 1. The van der Waals surface area contributed by atoms with Gasteiger partial charge in [-0.1, -0.05) is 48.1 Å². The third-order valence-corrected chi connectivity index (χ3v) is 2.00. The highest BCUT2D eigenvalue weighted by Gasteiger charge is 2.35. The molecule has 0 unspecified atom stereocenters. The fraction of sp³-hybridized carbons (Fsp3) is 0.154. The summed E-state index contributed by atoms with van der Waals surface area (Å²) >= 11 is 0. The number of allylic oxidation sites excluding steroid dienone is 3. The normalized spacial score (nSPS) is 12.5. The fourth-order valence-electron chi connectivity index (χ4n) is 1.08. The van der Waals surface area contributed by atoms with Crippen molar-refractivity contribution in [1.82, 2.24) is 0 Å². The number of halogens is 3. The zero-order valence-electron chi connectivity index (χ0n) is 9.16. The molecule has 0 aliphatic heterocycles. The van der Waals surface area contributed by atoms with E-state index >= 15 is 0 Å². The molecular formula is C13H11F3O. The molecule has 0 heterocycles. The summed E-state index contributed by atoms with van der Waals surface area (Å²) in [6.45, 7) is 1.94. The summed E-state index contributed by atoms with van der Waals surface area (Å²) < 4.78 is 35.5. The van der Waals surface area contributed by atoms with Crippen LogP contribution in [0.5, 0.6) is 0 Å². The van der Waals surface area contributed by atoms with Crippen molar-refractivity contribution in [3.63, 3.8) is 0 Å². The second-order valence-electron chi connectivity index (χ2n) is 3.49. The summed E-state index contributed by atoms with van der Waals surface area (Å²) in [7, 11) is 0. The van der Waals surface area contributed by atoms with Crippen molar-refractivity contribution in [3.8, 4) is 0 Å². The topological polar surface area (TPSA) is 17.1 Å². The zero-order valence-corrected chi connectivity index (χ0v) is 9.16. The molecule has 4 heteroatoms. The second-order valence-corrected chi connectivity index (χ2v) is 3.49. The molecule has 0 spiro atoms. The molecule has 0 aliphatic carbocycles. The number of alkyl halides is 3. The first-order valence-electron chi connectivity index (χ1n) is 4.92. The van der Waals surface area contributed by atoms with Crippen LogP contribution in [0.1, 0.15) is 11.1 Å². The Balaban J connectivity index is 2.59. The van der Waals surface area contributed by atoms with Gasteiger partial charge in [-0.05, 0) is 18.6 Å². The number of aryl methyl sites for hydroxylation is 1. The highest BCUT2D eigenvalue weighted by molar-refractivity contribution is 5.94. The van der Waals surface area contributed by atoms with Crippen LogP contribution in [-0.4, -0.2) is 12.0 Å². The zero-order chi connectivity index (χ0) is 12.9. The third-order valence-electron chi connectivity index (χ3n) is 2.00. The van der Waals surface area contributed by atoms with Crippen LogP contribution in [-0.2, 0) is 4.79 Å². The average Bonchev–Trinajstić information content (AvgIpc) is 2.25. The van der Waals surface area contributed by atoms with Gasteiger partial charge in [0.25, 0.3) is 5.78 Å². The van der Waals surface area contributed by atoms with E-state index in [1.165, 1.54) is 6.08 Å². The largest absolute Gasteiger partial charge is 0.454 e. The maximum Gasteiger partial charge on any atom is 0.454 e. The van der Waals surface area contributed by atoms with Crippen molar-refractivity contribution in [2.75, 3.05) is 0 Å². The molecule has 0 aromatic heterocycles. The van der Waals surface area contributed by atoms with Gasteiger partial charge in [-0.2, -0.15) is 13.2 Å². The third kappa shape index (κ3) is 4.68. The summed E-state index contributed by atoms with van der Waals surface area (Å²) in [5.41, 5.74) is 1.96. The van der Waals surface area contributed by atoms with E-state index in [9.17, 15) is 18.0 Å². The van der Waals surface area contributed by atoms with Crippen LogP contribution in [0.2, 0.25) is 0 Å². The molecule has 0 N–H and O–H groups in total. The summed E-state index contributed by atoms with van der Waals surface area (Å²) in [5.74, 6) is -1.86. The molecule has 90 valence electrons. The van der Waals surface area contributed by atoms with E-state index in [0.717, 1.165) is 17.2 Å². The minimum absolute atomic E-state index is 0.505. The molecule has 0 saturated carbocycles. The number of hydrogen-bond donors (Lipinski definition) is 0. The second kappa shape index (κ2) is 5.48. The molecule has 1 aromatic rings. The van der Waals surface area contributed by atoms with Gasteiger partial charge in [0.2, 0.25) is 0 Å². The fourth-order valence-corrected chi connectivity index (χ4v) is 1.08. The predicted molar refractivity (Wildman–Crippen MR) is 60.4 cm³/mol. The van der Waals surface area contributed by atoms with Crippen molar-refractivity contribution in [2.24, 2.45) is 0 Å². The molecule has 0 atom stereocenters. The summed E-state index contributed by atoms with van der Waals surface area (Å²) in [4.78, 5) is 10.5. The lowest BCUT2D eigenvalue weighted by molar-refractivity contribution is -0.165. The highest BCUT2D eigenvalue weighted by Crippen LogP contribution is 2.16. The first-order valence-corrected chi connectivity index (χ1v) is 4.92. The maximum atomic E-state index is 11.8. The van der Waals surface area contributed by atoms with Crippen LogP contribution >= 0.6 is 0 Å². The van der Waals surface area contributed by atoms with Crippen LogP contribution in [0.15, 0.2) is 42.5 Å². The predicted octanol–water partition coefficient (Wildman–Crippen LogP) is 3.70. The molecule has 0 fully saturated rings. The van der Waals surface area contributed by atoms with Crippen molar-refractivity contribution >= 4 is 11.9 Å². The molecule has 0 bridgehead atoms. The molecule has 0 aliphatic rings. The first kappa shape index (κ1) is 13.2. The Labute approximate surface area is 97.3 Å². The van der Waals surface area contributed by atoms with Gasteiger partial charge in [-0.25, -0.2) is 0 Å². The van der Waals surface area contributed by atoms with Gasteiger partial charge in [0, 0.05) is 0 Å². The Hall–Kier alpha value is -1.84. The molecule has 0 amide bonds. The SMILES string of the molecule is Cc1ccc(/C=C/C=C/C(=O)C(F)(F)F)cc1. The van der Waals surface area contributed by atoms with Crippen LogP contribution < -0.4 is 0 Å². The molecule has 1 nitrogen and oxygen atoms in total. The van der Waals surface area contributed by atoms with E-state index in [-0.39, 0.29) is 0 Å². The Morgan fingerprint density at radius 2 is 1.71 bits per heavy atom. The van der Waals surface area contributed by atoms with E-state index in [0.29, 0.717) is 6.08 Å². The standard InChI is InChI=1S/C13H11F3O/c1-10-6-8-11(9-7-10)4-2-3-5-12(17)13(14,15)16/h2-9H,1H3/b4-2+,5-3+. The lowest BCUT2D eigenvalue weighted by Gasteiger charge is -1.98. The molecule has 0 radical (unpaired) electrons. The van der Waals surface area contributed by atoms with Crippen molar-refractivity contribution < 1.29 is 18.0 Å². The van der Waals surface area contributed by atoms with Crippen LogP contribution in [0.4, 0.5) is 13.2 Å². The highest BCUT2D eigenvalue weighted by atomic mass is 19.4. The Kier molecular flexibility index (Phi) is 4.26. The van der Waals surface area contributed by atoms with Crippen molar-refractivity contribution in [1.29, 1.82) is 0 Å². The van der Waals surface area contributed by atoms with E-state index in [1.807, 2.05) is 31.2 Å². The minimum Gasteiger partial charge on any atom is -0.285 e. The first-order chi connectivity index (χ1) is 7.89. The quantitative estimate of drug-likeness (QED) is 0.581. The maximum absolute atomic E-state index is 11.8. The number of ketones is 1. The minimum atomic E-state index is -4.80. The molecule has 1 rings (SSSR count). The van der Waals surface area contributed by atoms with Gasteiger partial charge in [-0.3, -0.25) is 4.79 Å². The van der Waals surface area contributed by atoms with Crippen LogP contribution in [0.3, 0.4) is 0 Å². The van der Waals surface area contributed by atoms with Gasteiger partial charge < -0.3 is 0 Å². The van der Waals surface area contributed by atoms with Crippen LogP contribution in [0.25, 0.3) is 6.08 Å². The van der Waals surface area contributed by atoms with Crippen molar-refractivity contribution in [2.45, 2.75) is 13.1 Å². The van der Waals surface area contributed by atoms with E-state index in [1.54, 1.807) is 6.08 Å². The molecule has 17 heavy (non-hydrogen) atoms. The van der Waals surface area contributed by atoms with Crippen molar-refractivity contribution in [3.05, 3.63) is 53.6 Å². The summed E-state index contributed by atoms with van der Waals surface area (Å²) in [6.07, 6.45) is -0.192. The van der Waals surface area contributed by atoms with E-state index in [4.69, 9.17) is 0 Å². The molecular weight excluding hydrogens is 229 g/mol. The number of carbonyl (C=O) groups is 1. The Morgan fingerprint density at radius 1 is 1.12 bits per heavy atom. The smallest absolute Gasteiger partial charge is 0.285 e. The van der Waals surface area contributed by atoms with Crippen LogP contribution in [0, 0.1) is 6.92 Å². The lowest BCUT2D eigenvalue weighted by atomic mass is 10.1. The lowest BCUT2D eigenvalue weighted by Crippen LogP contribution is -2.19. The number of rotatable bonds is 3.